The SMILES string of the molecule is Cc1cccc(-c2nc(C(=O)Nc3ccc(Br)cc3C)nn2-c2ccc(C)c(Cl)c2)c1. The molecule has 0 radical (unpaired) electrons. The van der Waals surface area contributed by atoms with Crippen LogP contribution in [0.4, 0.5) is 5.69 Å². The maximum atomic E-state index is 13.0. The van der Waals surface area contributed by atoms with Gasteiger partial charge in [-0.25, -0.2) is 9.67 Å². The first-order valence-corrected chi connectivity index (χ1v) is 10.9. The number of hydrogen-bond acceptors (Lipinski definition) is 3. The highest BCUT2D eigenvalue weighted by molar-refractivity contribution is 9.10. The van der Waals surface area contributed by atoms with Gasteiger partial charge in [0, 0.05) is 20.7 Å². The topological polar surface area (TPSA) is 59.8 Å². The molecule has 1 N–H and O–H groups in total. The van der Waals surface area contributed by atoms with Crippen LogP contribution >= 0.6 is 27.5 Å². The van der Waals surface area contributed by atoms with E-state index in [1.54, 1.807) is 4.68 Å². The van der Waals surface area contributed by atoms with Gasteiger partial charge in [0.15, 0.2) is 5.82 Å². The molecule has 5 nitrogen and oxygen atoms in total. The van der Waals surface area contributed by atoms with Crippen LogP contribution in [0.2, 0.25) is 5.02 Å². The summed E-state index contributed by atoms with van der Waals surface area (Å²) in [6.07, 6.45) is 0. The summed E-state index contributed by atoms with van der Waals surface area (Å²) in [6.45, 7) is 5.88. The van der Waals surface area contributed by atoms with Crippen molar-refractivity contribution in [2.45, 2.75) is 20.8 Å². The van der Waals surface area contributed by atoms with E-state index in [2.05, 4.69) is 31.3 Å². The highest BCUT2D eigenvalue weighted by Gasteiger charge is 2.20. The molecule has 1 amide bonds. The lowest BCUT2D eigenvalue weighted by molar-refractivity contribution is 0.101. The van der Waals surface area contributed by atoms with E-state index >= 15 is 0 Å². The van der Waals surface area contributed by atoms with Gasteiger partial charge in [-0.1, -0.05) is 57.4 Å². The van der Waals surface area contributed by atoms with Crippen LogP contribution in [0.5, 0.6) is 0 Å². The summed E-state index contributed by atoms with van der Waals surface area (Å²) < 4.78 is 2.60. The largest absolute Gasteiger partial charge is 0.319 e. The number of hydrogen-bond donors (Lipinski definition) is 1. The Bertz CT molecular complexity index is 1300. The first-order valence-electron chi connectivity index (χ1n) is 9.70. The fourth-order valence-corrected chi connectivity index (χ4v) is 3.87. The minimum atomic E-state index is -0.378. The first-order chi connectivity index (χ1) is 14.8. The van der Waals surface area contributed by atoms with Crippen molar-refractivity contribution < 1.29 is 4.79 Å². The third-order valence-corrected chi connectivity index (χ3v) is 5.82. The average Bonchev–Trinajstić information content (AvgIpc) is 3.18. The van der Waals surface area contributed by atoms with E-state index in [4.69, 9.17) is 11.6 Å². The van der Waals surface area contributed by atoms with E-state index in [0.717, 1.165) is 32.4 Å². The molecule has 31 heavy (non-hydrogen) atoms. The lowest BCUT2D eigenvalue weighted by Crippen LogP contribution is -2.15. The Balaban J connectivity index is 1.78. The van der Waals surface area contributed by atoms with Crippen LogP contribution in [0.1, 0.15) is 27.3 Å². The van der Waals surface area contributed by atoms with E-state index in [-0.39, 0.29) is 11.7 Å². The molecule has 0 atom stereocenters. The zero-order valence-electron chi connectivity index (χ0n) is 17.3. The number of carbonyl (C=O) groups is 1. The van der Waals surface area contributed by atoms with E-state index in [9.17, 15) is 4.79 Å². The Morgan fingerprint density at radius 2 is 1.81 bits per heavy atom. The lowest BCUT2D eigenvalue weighted by Gasteiger charge is -2.08. The van der Waals surface area contributed by atoms with Crippen molar-refractivity contribution in [1.29, 1.82) is 0 Å². The molecule has 3 aromatic carbocycles. The van der Waals surface area contributed by atoms with Gasteiger partial charge >= 0.3 is 0 Å². The molecule has 7 heteroatoms. The van der Waals surface area contributed by atoms with Gasteiger partial charge in [0.05, 0.1) is 5.69 Å². The van der Waals surface area contributed by atoms with Crippen LogP contribution in [0.25, 0.3) is 17.1 Å². The van der Waals surface area contributed by atoms with Gasteiger partial charge in [-0.3, -0.25) is 4.79 Å². The monoisotopic (exact) mass is 494 g/mol. The summed E-state index contributed by atoms with van der Waals surface area (Å²) in [7, 11) is 0. The van der Waals surface area contributed by atoms with Gasteiger partial charge in [0.25, 0.3) is 5.91 Å². The van der Waals surface area contributed by atoms with Crippen molar-refractivity contribution in [2.75, 3.05) is 5.32 Å². The number of nitrogens with zero attached hydrogens (tertiary/aromatic N) is 3. The Morgan fingerprint density at radius 1 is 1.00 bits per heavy atom. The number of aryl methyl sites for hydroxylation is 3. The second kappa shape index (κ2) is 8.65. The molecule has 0 unspecified atom stereocenters. The van der Waals surface area contributed by atoms with Crippen molar-refractivity contribution in [3.8, 4) is 17.1 Å². The van der Waals surface area contributed by atoms with Crippen molar-refractivity contribution in [3.05, 3.63) is 92.7 Å². The molecule has 0 aliphatic rings. The predicted molar refractivity (Wildman–Crippen MR) is 128 cm³/mol. The van der Waals surface area contributed by atoms with Crippen LogP contribution < -0.4 is 5.32 Å². The van der Waals surface area contributed by atoms with Crippen LogP contribution in [0.3, 0.4) is 0 Å². The summed E-state index contributed by atoms with van der Waals surface area (Å²) in [5.41, 5.74) is 5.30. The second-order valence-corrected chi connectivity index (χ2v) is 8.71. The Hall–Kier alpha value is -2.96. The van der Waals surface area contributed by atoms with Crippen molar-refractivity contribution in [3.63, 3.8) is 0 Å². The summed E-state index contributed by atoms with van der Waals surface area (Å²) in [4.78, 5) is 17.6. The van der Waals surface area contributed by atoms with Crippen LogP contribution in [0, 0.1) is 20.8 Å². The number of carbonyl (C=O) groups excluding carboxylic acids is 1. The van der Waals surface area contributed by atoms with E-state index in [0.29, 0.717) is 16.5 Å². The molecule has 0 saturated carbocycles. The van der Waals surface area contributed by atoms with Gasteiger partial charge in [0.2, 0.25) is 5.82 Å². The molecular formula is C24H20BrClN4O. The minimum Gasteiger partial charge on any atom is -0.319 e. The zero-order valence-corrected chi connectivity index (χ0v) is 19.6. The number of anilines is 1. The van der Waals surface area contributed by atoms with Gasteiger partial charge in [-0.15, -0.1) is 5.10 Å². The molecule has 4 aromatic rings. The molecular weight excluding hydrogens is 476 g/mol. The fourth-order valence-electron chi connectivity index (χ4n) is 3.22. The highest BCUT2D eigenvalue weighted by Crippen LogP contribution is 2.26. The van der Waals surface area contributed by atoms with Crippen molar-refractivity contribution in [2.24, 2.45) is 0 Å². The molecule has 1 aromatic heterocycles. The van der Waals surface area contributed by atoms with E-state index in [1.807, 2.05) is 81.4 Å². The molecule has 0 saturated heterocycles. The Kier molecular flexibility index (Phi) is 5.94. The smallest absolute Gasteiger partial charge is 0.295 e. The zero-order chi connectivity index (χ0) is 22.1. The number of aromatic nitrogens is 3. The van der Waals surface area contributed by atoms with Gasteiger partial charge in [0.1, 0.15) is 0 Å². The molecule has 1 heterocycles. The summed E-state index contributed by atoms with van der Waals surface area (Å²) in [6, 6.07) is 19.2. The molecule has 0 aliphatic carbocycles. The van der Waals surface area contributed by atoms with Crippen molar-refractivity contribution in [1.82, 2.24) is 14.8 Å². The van der Waals surface area contributed by atoms with Gasteiger partial charge in [-0.2, -0.15) is 0 Å². The third-order valence-electron chi connectivity index (χ3n) is 4.92. The third kappa shape index (κ3) is 4.55. The van der Waals surface area contributed by atoms with Gasteiger partial charge in [-0.05, 0) is 68.3 Å². The molecule has 0 bridgehead atoms. The number of nitrogens with one attached hydrogen (secondary N) is 1. The van der Waals surface area contributed by atoms with Crippen LogP contribution in [-0.4, -0.2) is 20.7 Å². The first kappa shape index (κ1) is 21.3. The lowest BCUT2D eigenvalue weighted by atomic mass is 10.1. The normalized spacial score (nSPS) is 10.9. The number of benzene rings is 3. The number of rotatable bonds is 4. The highest BCUT2D eigenvalue weighted by atomic mass is 79.9. The summed E-state index contributed by atoms with van der Waals surface area (Å²) in [5.74, 6) is 0.271. The fraction of sp³-hybridized carbons (Fsp3) is 0.125. The minimum absolute atomic E-state index is 0.0792. The quantitative estimate of drug-likeness (QED) is 0.350. The van der Waals surface area contributed by atoms with Gasteiger partial charge < -0.3 is 5.32 Å². The molecule has 156 valence electrons. The number of halogens is 2. The Morgan fingerprint density at radius 3 is 2.52 bits per heavy atom. The van der Waals surface area contributed by atoms with E-state index in [1.165, 1.54) is 0 Å². The maximum Gasteiger partial charge on any atom is 0.295 e. The van der Waals surface area contributed by atoms with Crippen LogP contribution in [0.15, 0.2) is 65.1 Å². The summed E-state index contributed by atoms with van der Waals surface area (Å²) in [5, 5.41) is 8.06. The standard InChI is InChI=1S/C24H20BrClN4O/c1-14-5-4-6-17(11-14)23-28-22(24(31)27-21-10-8-18(25)12-16(21)3)29-30(23)19-9-7-15(2)20(26)13-19/h4-13H,1-3H3,(H,27,31). The molecule has 0 spiro atoms. The molecule has 0 aliphatic heterocycles. The maximum absolute atomic E-state index is 13.0. The summed E-state index contributed by atoms with van der Waals surface area (Å²) >= 11 is 9.79. The predicted octanol–water partition coefficient (Wildman–Crippen LogP) is 6.53. The Labute approximate surface area is 194 Å². The average molecular weight is 496 g/mol. The second-order valence-electron chi connectivity index (χ2n) is 7.39. The molecule has 4 rings (SSSR count). The number of amides is 1. The molecule has 0 fully saturated rings. The van der Waals surface area contributed by atoms with Crippen LogP contribution in [-0.2, 0) is 0 Å². The van der Waals surface area contributed by atoms with Crippen molar-refractivity contribution >= 4 is 39.1 Å². The van der Waals surface area contributed by atoms with E-state index < -0.39 is 0 Å².